The van der Waals surface area contributed by atoms with E-state index in [0.29, 0.717) is 6.29 Å². The molecule has 2 unspecified atom stereocenters. The van der Waals surface area contributed by atoms with Crippen LogP contribution in [0.25, 0.3) is 0 Å². The summed E-state index contributed by atoms with van der Waals surface area (Å²) in [6.45, 7) is 1.56. The van der Waals surface area contributed by atoms with Gasteiger partial charge in [-0.25, -0.2) is 0 Å². The fourth-order valence-electron chi connectivity index (χ4n) is 0.396. The Morgan fingerprint density at radius 2 is 2.20 bits per heavy atom. The topological polar surface area (TPSA) is 43.4 Å². The van der Waals surface area contributed by atoms with E-state index in [-0.39, 0.29) is 0 Å². The molecule has 0 aliphatic rings. The van der Waals surface area contributed by atoms with Crippen LogP contribution in [0.15, 0.2) is 0 Å². The monoisotopic (exact) mass is 164 g/mol. The summed E-state index contributed by atoms with van der Waals surface area (Å²) >= 11 is 5.48. The van der Waals surface area contributed by atoms with Crippen LogP contribution in [0, 0.1) is 5.92 Å². The summed E-state index contributed by atoms with van der Waals surface area (Å²) in [5.41, 5.74) is 0. The normalized spacial score (nSPS) is 15.5. The largest absolute Gasteiger partial charge is 0.468 e. The van der Waals surface area contributed by atoms with Crippen molar-refractivity contribution in [2.75, 3.05) is 7.11 Å². The first-order valence-electron chi connectivity index (χ1n) is 2.80. The first-order valence-corrected chi connectivity index (χ1v) is 3.24. The highest BCUT2D eigenvalue weighted by atomic mass is 35.5. The molecule has 0 rings (SSSR count). The molecular weight excluding hydrogens is 156 g/mol. The van der Waals surface area contributed by atoms with Crippen LogP contribution in [0.5, 0.6) is 0 Å². The van der Waals surface area contributed by atoms with E-state index in [2.05, 4.69) is 4.74 Å². The third-order valence-electron chi connectivity index (χ3n) is 1.10. The Morgan fingerprint density at radius 3 is 2.50 bits per heavy atom. The fourth-order valence-corrected chi connectivity index (χ4v) is 0.545. The molecule has 3 nitrogen and oxygen atoms in total. The van der Waals surface area contributed by atoms with Crippen molar-refractivity contribution in [1.82, 2.24) is 0 Å². The van der Waals surface area contributed by atoms with E-state index in [1.165, 1.54) is 7.11 Å². The number of aldehydes is 1. The lowest BCUT2D eigenvalue weighted by Crippen LogP contribution is -2.24. The van der Waals surface area contributed by atoms with Gasteiger partial charge in [-0.1, -0.05) is 6.92 Å². The van der Waals surface area contributed by atoms with E-state index in [0.717, 1.165) is 0 Å². The maximum Gasteiger partial charge on any atom is 0.324 e. The number of hydrogen-bond donors (Lipinski definition) is 0. The quantitative estimate of drug-likeness (QED) is 0.349. The van der Waals surface area contributed by atoms with E-state index in [9.17, 15) is 9.59 Å². The number of ether oxygens (including phenoxy) is 1. The molecule has 0 spiro atoms. The number of esters is 1. The third-order valence-corrected chi connectivity index (χ3v) is 1.68. The molecule has 2 atom stereocenters. The van der Waals surface area contributed by atoms with Crippen molar-refractivity contribution in [1.29, 1.82) is 0 Å². The third kappa shape index (κ3) is 2.35. The molecule has 0 fully saturated rings. The number of methoxy groups -OCH3 is 1. The zero-order valence-corrected chi connectivity index (χ0v) is 6.59. The van der Waals surface area contributed by atoms with Crippen LogP contribution in [-0.2, 0) is 14.3 Å². The van der Waals surface area contributed by atoms with Gasteiger partial charge in [-0.05, 0) is 0 Å². The maximum absolute atomic E-state index is 10.6. The SMILES string of the molecule is COC(=O)C(Cl)C(C)C=O. The maximum atomic E-state index is 10.6. The highest BCUT2D eigenvalue weighted by Crippen LogP contribution is 2.08. The van der Waals surface area contributed by atoms with E-state index < -0.39 is 17.3 Å². The van der Waals surface area contributed by atoms with Crippen LogP contribution in [0.2, 0.25) is 0 Å². The Kier molecular flexibility index (Phi) is 4.03. The minimum Gasteiger partial charge on any atom is -0.468 e. The Balaban J connectivity index is 3.93. The molecule has 0 bridgehead atoms. The summed E-state index contributed by atoms with van der Waals surface area (Å²) in [5, 5.41) is -0.859. The van der Waals surface area contributed by atoms with Crippen molar-refractivity contribution < 1.29 is 14.3 Å². The summed E-state index contributed by atoms with van der Waals surface area (Å²) in [6.07, 6.45) is 0.620. The van der Waals surface area contributed by atoms with Gasteiger partial charge in [0.2, 0.25) is 0 Å². The Morgan fingerprint density at radius 1 is 1.70 bits per heavy atom. The molecular formula is C6H9ClO3. The molecule has 0 saturated heterocycles. The highest BCUT2D eigenvalue weighted by molar-refractivity contribution is 6.30. The molecule has 4 heteroatoms. The zero-order valence-electron chi connectivity index (χ0n) is 5.83. The molecule has 0 aliphatic carbocycles. The van der Waals surface area contributed by atoms with Crippen LogP contribution < -0.4 is 0 Å². The fraction of sp³-hybridized carbons (Fsp3) is 0.667. The summed E-state index contributed by atoms with van der Waals surface area (Å²) in [4.78, 5) is 20.7. The van der Waals surface area contributed by atoms with Gasteiger partial charge in [-0.15, -0.1) is 11.6 Å². The van der Waals surface area contributed by atoms with Crippen molar-refractivity contribution >= 4 is 23.9 Å². The van der Waals surface area contributed by atoms with Crippen LogP contribution in [0.3, 0.4) is 0 Å². The van der Waals surface area contributed by atoms with Gasteiger partial charge in [0.25, 0.3) is 0 Å². The molecule has 10 heavy (non-hydrogen) atoms. The first kappa shape index (κ1) is 9.43. The molecule has 0 aromatic rings. The molecule has 0 amide bonds. The zero-order chi connectivity index (χ0) is 8.15. The van der Waals surface area contributed by atoms with Crippen LogP contribution >= 0.6 is 11.6 Å². The van der Waals surface area contributed by atoms with Crippen molar-refractivity contribution in [2.24, 2.45) is 5.92 Å². The summed E-state index contributed by atoms with van der Waals surface area (Å²) in [5.74, 6) is -1.06. The van der Waals surface area contributed by atoms with E-state index >= 15 is 0 Å². The minimum atomic E-state index is -0.859. The number of carbonyl (C=O) groups is 2. The molecule has 0 saturated carbocycles. The van der Waals surface area contributed by atoms with E-state index in [1.807, 2.05) is 0 Å². The van der Waals surface area contributed by atoms with Crippen molar-refractivity contribution in [3.05, 3.63) is 0 Å². The predicted octanol–water partition coefficient (Wildman–Crippen LogP) is 0.602. The van der Waals surface area contributed by atoms with Gasteiger partial charge in [-0.3, -0.25) is 4.79 Å². The number of carbonyl (C=O) groups excluding carboxylic acids is 2. The number of alkyl halides is 1. The van der Waals surface area contributed by atoms with Crippen LogP contribution in [0.1, 0.15) is 6.92 Å². The molecule has 0 N–H and O–H groups in total. The standard InChI is InChI=1S/C6H9ClO3/c1-4(3-8)5(7)6(9)10-2/h3-5H,1-2H3. The Hall–Kier alpha value is -0.570. The van der Waals surface area contributed by atoms with Gasteiger partial charge in [-0.2, -0.15) is 0 Å². The Bertz CT molecular complexity index is 135. The summed E-state index contributed by atoms with van der Waals surface area (Å²) in [6, 6.07) is 0. The molecule has 0 heterocycles. The lowest BCUT2D eigenvalue weighted by molar-refractivity contribution is -0.141. The predicted molar refractivity (Wildman–Crippen MR) is 36.9 cm³/mol. The second-order valence-corrected chi connectivity index (χ2v) is 2.39. The average Bonchev–Trinajstić information content (AvgIpc) is 2.00. The smallest absolute Gasteiger partial charge is 0.324 e. The minimum absolute atomic E-state index is 0.492. The second kappa shape index (κ2) is 4.28. The van der Waals surface area contributed by atoms with E-state index in [4.69, 9.17) is 11.6 Å². The van der Waals surface area contributed by atoms with Gasteiger partial charge in [0, 0.05) is 5.92 Å². The van der Waals surface area contributed by atoms with Gasteiger partial charge < -0.3 is 9.53 Å². The summed E-state index contributed by atoms with van der Waals surface area (Å²) < 4.78 is 4.31. The van der Waals surface area contributed by atoms with Crippen molar-refractivity contribution in [3.8, 4) is 0 Å². The Labute approximate surface area is 64.3 Å². The van der Waals surface area contributed by atoms with Crippen molar-refractivity contribution in [3.63, 3.8) is 0 Å². The van der Waals surface area contributed by atoms with Crippen molar-refractivity contribution in [2.45, 2.75) is 12.3 Å². The van der Waals surface area contributed by atoms with Gasteiger partial charge in [0.1, 0.15) is 11.7 Å². The average molecular weight is 165 g/mol. The van der Waals surface area contributed by atoms with Crippen LogP contribution in [0.4, 0.5) is 0 Å². The summed E-state index contributed by atoms with van der Waals surface area (Å²) in [7, 11) is 1.23. The molecule has 0 aromatic heterocycles. The lowest BCUT2D eigenvalue weighted by Gasteiger charge is -2.08. The number of rotatable bonds is 3. The number of hydrogen-bond acceptors (Lipinski definition) is 3. The molecule has 0 aliphatic heterocycles. The molecule has 58 valence electrons. The van der Waals surface area contributed by atoms with E-state index in [1.54, 1.807) is 6.92 Å². The second-order valence-electron chi connectivity index (χ2n) is 1.92. The lowest BCUT2D eigenvalue weighted by atomic mass is 10.1. The van der Waals surface area contributed by atoms with Gasteiger partial charge >= 0.3 is 5.97 Å². The molecule has 0 aromatic carbocycles. The molecule has 0 radical (unpaired) electrons. The van der Waals surface area contributed by atoms with Crippen LogP contribution in [-0.4, -0.2) is 24.7 Å². The van der Waals surface area contributed by atoms with Gasteiger partial charge in [0.15, 0.2) is 0 Å². The first-order chi connectivity index (χ1) is 4.63. The number of halogens is 1. The highest BCUT2D eigenvalue weighted by Gasteiger charge is 2.22. The van der Waals surface area contributed by atoms with Gasteiger partial charge in [0.05, 0.1) is 7.11 Å².